The van der Waals surface area contributed by atoms with Crippen LogP contribution in [0.5, 0.6) is 11.5 Å². The topological polar surface area (TPSA) is 43.4 Å². The second-order valence-corrected chi connectivity index (χ2v) is 18.5. The number of para-hydroxylation sites is 7. The van der Waals surface area contributed by atoms with Crippen LogP contribution < -0.4 is 14.5 Å². The van der Waals surface area contributed by atoms with E-state index in [4.69, 9.17) is 9.72 Å². The maximum absolute atomic E-state index is 6.63. The zero-order chi connectivity index (χ0) is 46.6. The van der Waals surface area contributed by atoms with Gasteiger partial charge in [0.1, 0.15) is 5.82 Å². The van der Waals surface area contributed by atoms with E-state index in [1.807, 2.05) is 18.2 Å². The number of nitrogens with zero attached hydrogens (tertiary/aromatic N) is 6. The monoisotopic (exact) mass is 1100 g/mol. The van der Waals surface area contributed by atoms with Crippen molar-refractivity contribution in [2.45, 2.75) is 13.8 Å². The molecule has 1 aliphatic heterocycles. The molecule has 7 nitrogen and oxygen atoms in total. The Hall–Kier alpha value is -8.38. The molecule has 0 aliphatic carbocycles. The Morgan fingerprint density at radius 1 is 0.465 bits per heavy atom. The van der Waals surface area contributed by atoms with Crippen LogP contribution in [-0.4, -0.2) is 32.4 Å². The minimum absolute atomic E-state index is 0. The zero-order valence-electron chi connectivity index (χ0n) is 39.2. The standard InChI is InChI=1S/C63H44N6O.Pt/c1-40-33-60(67-52-24-9-4-19-45(52)46-20-5-10-25-53(46)67)63(61(34-40)68-54-26-11-6-21-47(54)48-22-7-12-27-55(48)68)51-38-64-62(35-41(51)2)69-56-28-13-8-23-49(56)50-32-31-44(37-59(50)69)70-43-18-16-17-42(36-43)66-39-65(3)57-29-14-15-30-58(57)66;/h4-35,38H,39H2,1-3H3;/q-2;+2. The maximum Gasteiger partial charge on any atom is 2.00 e. The predicted molar refractivity (Wildman–Crippen MR) is 288 cm³/mol. The van der Waals surface area contributed by atoms with Gasteiger partial charge in [-0.2, -0.15) is 12.1 Å². The minimum Gasteiger partial charge on any atom is -0.509 e. The van der Waals surface area contributed by atoms with Gasteiger partial charge in [0.05, 0.1) is 51.5 Å². The van der Waals surface area contributed by atoms with Crippen molar-refractivity contribution in [1.29, 1.82) is 0 Å². The number of rotatable bonds is 7. The van der Waals surface area contributed by atoms with Crippen LogP contribution >= 0.6 is 0 Å². The third kappa shape index (κ3) is 6.64. The van der Waals surface area contributed by atoms with Crippen molar-refractivity contribution in [3.05, 3.63) is 224 Å². The number of fused-ring (bicyclic) bond motifs is 10. The molecule has 8 heteroatoms. The maximum atomic E-state index is 6.63. The van der Waals surface area contributed by atoms with Crippen molar-refractivity contribution in [2.24, 2.45) is 0 Å². The van der Waals surface area contributed by atoms with Gasteiger partial charge >= 0.3 is 21.1 Å². The average molecular weight is 1100 g/mol. The van der Waals surface area contributed by atoms with Crippen LogP contribution in [0.25, 0.3) is 93.7 Å². The van der Waals surface area contributed by atoms with Crippen LogP contribution in [0.2, 0.25) is 0 Å². The summed E-state index contributed by atoms with van der Waals surface area (Å²) in [6.45, 7) is 5.16. The summed E-state index contributed by atoms with van der Waals surface area (Å²) in [5, 5.41) is 7.07. The summed E-state index contributed by atoms with van der Waals surface area (Å²) in [4.78, 5) is 9.95. The first kappa shape index (κ1) is 42.7. The fourth-order valence-electron chi connectivity index (χ4n) is 11.2. The average Bonchev–Trinajstić information content (AvgIpc) is 4.12. The molecule has 5 heterocycles. The first-order valence-corrected chi connectivity index (χ1v) is 23.8. The van der Waals surface area contributed by atoms with Crippen molar-refractivity contribution in [1.82, 2.24) is 18.7 Å². The van der Waals surface area contributed by atoms with Gasteiger partial charge in [-0.3, -0.25) is 0 Å². The summed E-state index contributed by atoms with van der Waals surface area (Å²) < 4.78 is 13.8. The van der Waals surface area contributed by atoms with E-state index in [-0.39, 0.29) is 21.1 Å². The molecule has 0 saturated carbocycles. The van der Waals surface area contributed by atoms with Crippen molar-refractivity contribution in [3.8, 4) is 39.8 Å². The predicted octanol–water partition coefficient (Wildman–Crippen LogP) is 15.6. The molecule has 0 unspecified atom stereocenters. The molecule has 0 amide bonds. The summed E-state index contributed by atoms with van der Waals surface area (Å²) in [6.07, 6.45) is 2.08. The van der Waals surface area contributed by atoms with Gasteiger partial charge in [0.15, 0.2) is 0 Å². The number of aromatic nitrogens is 4. The van der Waals surface area contributed by atoms with Crippen molar-refractivity contribution >= 4 is 82.5 Å². The fourth-order valence-corrected chi connectivity index (χ4v) is 11.2. The molecular formula is C63H44N6OPt. The van der Waals surface area contributed by atoms with Gasteiger partial charge in [0, 0.05) is 62.9 Å². The summed E-state index contributed by atoms with van der Waals surface area (Å²) in [5.41, 5.74) is 16.4. The normalized spacial score (nSPS) is 12.5. The van der Waals surface area contributed by atoms with Crippen LogP contribution in [0, 0.1) is 26.0 Å². The molecule has 0 N–H and O–H groups in total. The van der Waals surface area contributed by atoms with Gasteiger partial charge in [-0.05, 0) is 91.0 Å². The summed E-state index contributed by atoms with van der Waals surface area (Å²) in [6, 6.07) is 76.4. The van der Waals surface area contributed by atoms with E-state index >= 15 is 0 Å². The SMILES string of the molecule is Cc1cc(-n2c3ccccc3c3ccccc32)c(-c2cnc(-n3c4[c-]c(Oc5[c-]c(N6CN(C)c7ccccc76)ccc5)ccc4c4ccccc43)cc2C)c(-n2c3ccccc3c3ccccc32)c1.[Pt+2]. The molecule has 342 valence electrons. The fraction of sp³-hybridized carbons (Fsp3) is 0.0635. The molecule has 0 atom stereocenters. The number of aryl methyl sites for hydroxylation is 2. The Morgan fingerprint density at radius 2 is 0.958 bits per heavy atom. The Kier molecular flexibility index (Phi) is 10.0. The molecule has 1 aliphatic rings. The smallest absolute Gasteiger partial charge is 0.509 e. The molecular weight excluding hydrogens is 1050 g/mol. The molecule has 13 aromatic rings. The Labute approximate surface area is 425 Å². The number of pyridine rings is 1. The summed E-state index contributed by atoms with van der Waals surface area (Å²) >= 11 is 0. The molecule has 4 aromatic heterocycles. The Balaban J connectivity index is 0.00000492. The quantitative estimate of drug-likeness (QED) is 0.149. The van der Waals surface area contributed by atoms with E-state index in [1.54, 1.807) is 0 Å². The van der Waals surface area contributed by atoms with Gasteiger partial charge in [-0.1, -0.05) is 114 Å². The van der Waals surface area contributed by atoms with Gasteiger partial charge in [0.2, 0.25) is 0 Å². The molecule has 0 radical (unpaired) electrons. The second-order valence-electron chi connectivity index (χ2n) is 18.5. The molecule has 0 bridgehead atoms. The van der Waals surface area contributed by atoms with E-state index in [2.05, 4.69) is 239 Å². The molecule has 9 aromatic carbocycles. The van der Waals surface area contributed by atoms with E-state index in [0.29, 0.717) is 11.5 Å². The molecule has 0 saturated heterocycles. The molecule has 71 heavy (non-hydrogen) atoms. The largest absolute Gasteiger partial charge is 2.00 e. The second kappa shape index (κ2) is 16.6. The first-order chi connectivity index (χ1) is 34.5. The van der Waals surface area contributed by atoms with Crippen LogP contribution in [0.4, 0.5) is 17.1 Å². The van der Waals surface area contributed by atoms with Crippen LogP contribution in [0.15, 0.2) is 200 Å². The van der Waals surface area contributed by atoms with Gasteiger partial charge in [-0.25, -0.2) is 4.98 Å². The molecule has 14 rings (SSSR count). The third-order valence-electron chi connectivity index (χ3n) is 14.2. The summed E-state index contributed by atoms with van der Waals surface area (Å²) in [7, 11) is 2.11. The van der Waals surface area contributed by atoms with E-state index in [0.717, 1.165) is 101 Å². The summed E-state index contributed by atoms with van der Waals surface area (Å²) in [5.74, 6) is 2.02. The number of hydrogen-bond donors (Lipinski definition) is 0. The van der Waals surface area contributed by atoms with Crippen LogP contribution in [-0.2, 0) is 21.1 Å². The van der Waals surface area contributed by atoms with Crippen molar-refractivity contribution in [2.75, 3.05) is 23.5 Å². The van der Waals surface area contributed by atoms with E-state index in [1.165, 1.54) is 27.2 Å². The van der Waals surface area contributed by atoms with Crippen molar-refractivity contribution < 1.29 is 25.8 Å². The van der Waals surface area contributed by atoms with Gasteiger partial charge in [-0.15, -0.1) is 35.7 Å². The number of benzene rings is 9. The zero-order valence-corrected chi connectivity index (χ0v) is 41.4. The van der Waals surface area contributed by atoms with Crippen molar-refractivity contribution in [3.63, 3.8) is 0 Å². The third-order valence-corrected chi connectivity index (χ3v) is 14.2. The Morgan fingerprint density at radius 3 is 1.52 bits per heavy atom. The van der Waals surface area contributed by atoms with Crippen LogP contribution in [0.1, 0.15) is 11.1 Å². The van der Waals surface area contributed by atoms with E-state index < -0.39 is 0 Å². The van der Waals surface area contributed by atoms with E-state index in [9.17, 15) is 0 Å². The first-order valence-electron chi connectivity index (χ1n) is 23.8. The minimum atomic E-state index is 0. The van der Waals surface area contributed by atoms with Gasteiger partial charge in [0.25, 0.3) is 0 Å². The molecule has 0 spiro atoms. The number of hydrogen-bond acceptors (Lipinski definition) is 4. The number of anilines is 3. The Bertz CT molecular complexity index is 4030. The van der Waals surface area contributed by atoms with Crippen LogP contribution in [0.3, 0.4) is 0 Å². The molecule has 0 fully saturated rings. The van der Waals surface area contributed by atoms with Gasteiger partial charge < -0.3 is 28.2 Å². The number of ether oxygens (including phenoxy) is 1.